The van der Waals surface area contributed by atoms with Crippen LogP contribution in [0.15, 0.2) is 23.1 Å². The van der Waals surface area contributed by atoms with Gasteiger partial charge in [0.1, 0.15) is 10.6 Å². The Balaban J connectivity index is 2.24. The van der Waals surface area contributed by atoms with E-state index in [2.05, 4.69) is 4.72 Å². The number of nitrogens with two attached hydrogens (primary N) is 1. The lowest BCUT2D eigenvalue weighted by Crippen LogP contribution is -2.38. The molecule has 0 amide bonds. The lowest BCUT2D eigenvalue weighted by atomic mass is 10.2. The van der Waals surface area contributed by atoms with Crippen LogP contribution in [-0.2, 0) is 10.0 Å². The highest BCUT2D eigenvalue weighted by atomic mass is 32.2. The Kier molecular flexibility index (Phi) is 4.45. The summed E-state index contributed by atoms with van der Waals surface area (Å²) in [5, 5.41) is 10.8. The summed E-state index contributed by atoms with van der Waals surface area (Å²) in [6.45, 7) is 0.0961. The van der Waals surface area contributed by atoms with Crippen molar-refractivity contribution < 1.29 is 18.1 Å². The summed E-state index contributed by atoms with van der Waals surface area (Å²) in [7, 11) is -2.62. The normalized spacial score (nSPS) is 16.5. The monoisotopic (exact) mass is 315 g/mol. The van der Waals surface area contributed by atoms with Gasteiger partial charge in [0.05, 0.1) is 12.0 Å². The summed E-state index contributed by atoms with van der Waals surface area (Å²) in [6, 6.07) is 3.18. The molecule has 0 saturated heterocycles. The quantitative estimate of drug-likeness (QED) is 0.561. The van der Waals surface area contributed by atoms with E-state index in [-0.39, 0.29) is 28.9 Å². The predicted molar refractivity (Wildman–Crippen MR) is 75.5 cm³/mol. The number of hydrogen-bond donors (Lipinski definition) is 2. The molecule has 2 rings (SSSR count). The number of benzene rings is 1. The molecule has 1 saturated carbocycles. The van der Waals surface area contributed by atoms with E-state index in [0.29, 0.717) is 5.92 Å². The van der Waals surface area contributed by atoms with Crippen LogP contribution in [0.25, 0.3) is 0 Å². The molecule has 0 radical (unpaired) electrons. The molecule has 1 aliphatic carbocycles. The van der Waals surface area contributed by atoms with Crippen LogP contribution in [0.5, 0.6) is 5.75 Å². The zero-order valence-electron chi connectivity index (χ0n) is 11.5. The minimum atomic E-state index is -3.92. The molecule has 9 heteroatoms. The van der Waals surface area contributed by atoms with Crippen LogP contribution in [0.2, 0.25) is 0 Å². The van der Waals surface area contributed by atoms with Gasteiger partial charge >= 0.3 is 0 Å². The average Bonchev–Trinajstić information content (AvgIpc) is 3.28. The second-order valence-electron chi connectivity index (χ2n) is 4.95. The first-order valence-corrected chi connectivity index (χ1v) is 7.91. The fourth-order valence-electron chi connectivity index (χ4n) is 1.96. The Labute approximate surface area is 122 Å². The molecule has 8 nitrogen and oxygen atoms in total. The molecular formula is C12H17N3O5S. The molecule has 21 heavy (non-hydrogen) atoms. The van der Waals surface area contributed by atoms with E-state index in [0.717, 1.165) is 18.9 Å². The molecule has 0 spiro atoms. The number of methoxy groups -OCH3 is 1. The minimum Gasteiger partial charge on any atom is -0.495 e. The maximum Gasteiger partial charge on any atom is 0.271 e. The Morgan fingerprint density at radius 3 is 2.71 bits per heavy atom. The molecule has 0 aliphatic heterocycles. The van der Waals surface area contributed by atoms with Gasteiger partial charge < -0.3 is 10.5 Å². The van der Waals surface area contributed by atoms with Crippen molar-refractivity contribution in [1.29, 1.82) is 0 Å². The molecule has 1 aliphatic rings. The fraction of sp³-hybridized carbons (Fsp3) is 0.500. The number of nitrogens with one attached hydrogen (secondary N) is 1. The molecule has 116 valence electrons. The van der Waals surface area contributed by atoms with Crippen molar-refractivity contribution >= 4 is 15.7 Å². The van der Waals surface area contributed by atoms with E-state index in [4.69, 9.17) is 10.5 Å². The van der Waals surface area contributed by atoms with Crippen molar-refractivity contribution in [3.63, 3.8) is 0 Å². The van der Waals surface area contributed by atoms with E-state index in [1.165, 1.54) is 19.2 Å². The standard InChI is InChI=1S/C12H17N3O5S/c1-20-11-5-4-9(15(16)17)6-12(11)21(18,19)14-7-10(13)8-2-3-8/h4-6,8,10,14H,2-3,7,13H2,1H3. The summed E-state index contributed by atoms with van der Waals surface area (Å²) in [5.74, 6) is 0.396. The van der Waals surface area contributed by atoms with Crippen molar-refractivity contribution in [2.75, 3.05) is 13.7 Å². The van der Waals surface area contributed by atoms with E-state index in [9.17, 15) is 18.5 Å². The highest BCUT2D eigenvalue weighted by Crippen LogP contribution is 2.32. The first-order chi connectivity index (χ1) is 9.85. The van der Waals surface area contributed by atoms with E-state index in [1.54, 1.807) is 0 Å². The number of nitrogens with zero attached hydrogens (tertiary/aromatic N) is 1. The third-order valence-corrected chi connectivity index (χ3v) is 4.83. The van der Waals surface area contributed by atoms with Gasteiger partial charge in [0.15, 0.2) is 0 Å². The zero-order chi connectivity index (χ0) is 15.6. The molecule has 1 aromatic rings. The smallest absolute Gasteiger partial charge is 0.271 e. The lowest BCUT2D eigenvalue weighted by Gasteiger charge is -2.13. The number of nitro benzene ring substituents is 1. The van der Waals surface area contributed by atoms with E-state index < -0.39 is 14.9 Å². The summed E-state index contributed by atoms with van der Waals surface area (Å²) < 4.78 is 31.9. The Morgan fingerprint density at radius 1 is 1.52 bits per heavy atom. The van der Waals surface area contributed by atoms with Crippen LogP contribution in [0.4, 0.5) is 5.69 Å². The van der Waals surface area contributed by atoms with E-state index >= 15 is 0 Å². The van der Waals surface area contributed by atoms with E-state index in [1.807, 2.05) is 0 Å². The Bertz CT molecular complexity index is 642. The second-order valence-corrected chi connectivity index (χ2v) is 6.68. The van der Waals surface area contributed by atoms with Gasteiger partial charge in [0, 0.05) is 24.7 Å². The number of non-ortho nitro benzene ring substituents is 1. The zero-order valence-corrected chi connectivity index (χ0v) is 12.3. The topological polar surface area (TPSA) is 125 Å². The number of sulfonamides is 1. The number of nitro groups is 1. The van der Waals surface area contributed by atoms with Gasteiger partial charge in [-0.3, -0.25) is 10.1 Å². The summed E-state index contributed by atoms with van der Waals surface area (Å²) in [4.78, 5) is 9.85. The Morgan fingerprint density at radius 2 is 2.19 bits per heavy atom. The van der Waals surface area contributed by atoms with Crippen LogP contribution >= 0.6 is 0 Å². The predicted octanol–water partition coefficient (Wildman–Crippen LogP) is 0.619. The van der Waals surface area contributed by atoms with Gasteiger partial charge in [0.2, 0.25) is 10.0 Å². The average molecular weight is 315 g/mol. The molecule has 0 bridgehead atoms. The van der Waals surface area contributed by atoms with Gasteiger partial charge in [-0.1, -0.05) is 0 Å². The van der Waals surface area contributed by atoms with Gasteiger partial charge in [-0.05, 0) is 24.8 Å². The first kappa shape index (κ1) is 15.7. The summed E-state index contributed by atoms with van der Waals surface area (Å²) >= 11 is 0. The lowest BCUT2D eigenvalue weighted by molar-refractivity contribution is -0.385. The fourth-order valence-corrected chi connectivity index (χ4v) is 3.22. The van der Waals surface area contributed by atoms with Crippen molar-refractivity contribution in [1.82, 2.24) is 4.72 Å². The maximum atomic E-state index is 12.3. The highest BCUT2D eigenvalue weighted by molar-refractivity contribution is 7.89. The van der Waals surface area contributed by atoms with Crippen LogP contribution in [0, 0.1) is 16.0 Å². The van der Waals surface area contributed by atoms with Crippen LogP contribution in [0.3, 0.4) is 0 Å². The number of hydrogen-bond acceptors (Lipinski definition) is 6. The number of ether oxygens (including phenoxy) is 1. The van der Waals surface area contributed by atoms with Crippen molar-refractivity contribution in [2.24, 2.45) is 11.7 Å². The molecule has 0 aromatic heterocycles. The molecule has 3 N–H and O–H groups in total. The van der Waals surface area contributed by atoms with Gasteiger partial charge in [-0.25, -0.2) is 13.1 Å². The molecular weight excluding hydrogens is 298 g/mol. The maximum absolute atomic E-state index is 12.3. The highest BCUT2D eigenvalue weighted by Gasteiger charge is 2.30. The molecule has 0 heterocycles. The molecule has 1 unspecified atom stereocenters. The van der Waals surface area contributed by atoms with Gasteiger partial charge in [-0.2, -0.15) is 0 Å². The molecule has 1 atom stereocenters. The molecule has 1 fully saturated rings. The van der Waals surface area contributed by atoms with Crippen molar-refractivity contribution in [3.05, 3.63) is 28.3 Å². The van der Waals surface area contributed by atoms with Gasteiger partial charge in [-0.15, -0.1) is 0 Å². The van der Waals surface area contributed by atoms with Crippen molar-refractivity contribution in [2.45, 2.75) is 23.8 Å². The SMILES string of the molecule is COc1ccc([N+](=O)[O-])cc1S(=O)(=O)NCC(N)C1CC1. The number of rotatable bonds is 7. The third kappa shape index (κ3) is 3.69. The van der Waals surface area contributed by atoms with Crippen molar-refractivity contribution in [3.8, 4) is 5.75 Å². The van der Waals surface area contributed by atoms with Crippen LogP contribution in [0.1, 0.15) is 12.8 Å². The summed E-state index contributed by atoms with van der Waals surface area (Å²) in [6.07, 6.45) is 2.01. The Hall–Kier alpha value is -1.71. The summed E-state index contributed by atoms with van der Waals surface area (Å²) in [5.41, 5.74) is 5.53. The largest absolute Gasteiger partial charge is 0.495 e. The van der Waals surface area contributed by atoms with Crippen LogP contribution in [-0.4, -0.2) is 33.0 Å². The second kappa shape index (κ2) is 5.96. The van der Waals surface area contributed by atoms with Gasteiger partial charge in [0.25, 0.3) is 5.69 Å². The third-order valence-electron chi connectivity index (χ3n) is 3.38. The first-order valence-electron chi connectivity index (χ1n) is 6.43. The molecule has 1 aromatic carbocycles. The van der Waals surface area contributed by atoms with Crippen LogP contribution < -0.4 is 15.2 Å². The minimum absolute atomic E-state index is 0.0492.